The van der Waals surface area contributed by atoms with Gasteiger partial charge in [0.2, 0.25) is 0 Å². The van der Waals surface area contributed by atoms with Crippen LogP contribution in [-0.2, 0) is 17.7 Å². The van der Waals surface area contributed by atoms with Crippen LogP contribution in [0.15, 0.2) is 54.7 Å². The maximum Gasteiger partial charge on any atom is 0.410 e. The van der Waals surface area contributed by atoms with Crippen LogP contribution in [-0.4, -0.2) is 74.8 Å². The lowest BCUT2D eigenvalue weighted by molar-refractivity contribution is -0.384. The number of non-ortho nitro benzene ring substituents is 1. The van der Waals surface area contributed by atoms with Crippen LogP contribution in [0, 0.1) is 10.1 Å². The predicted octanol–water partition coefficient (Wildman–Crippen LogP) is 4.68. The highest BCUT2D eigenvalue weighted by atomic mass is 16.6. The molecule has 0 unspecified atom stereocenters. The minimum Gasteiger partial charge on any atom is -0.444 e. The molecule has 0 aliphatic carbocycles. The van der Waals surface area contributed by atoms with Crippen LogP contribution in [0.3, 0.4) is 0 Å². The van der Waals surface area contributed by atoms with Crippen molar-refractivity contribution in [2.75, 3.05) is 32.7 Å². The Hall–Kier alpha value is -4.25. The zero-order valence-electron chi connectivity index (χ0n) is 24.4. The van der Waals surface area contributed by atoms with E-state index in [1.165, 1.54) is 23.3 Å². The Morgan fingerprint density at radius 1 is 1.05 bits per heavy atom. The Labute approximate surface area is 245 Å². The number of carbonyl (C=O) groups is 2. The van der Waals surface area contributed by atoms with E-state index in [0.717, 1.165) is 31.7 Å². The van der Waals surface area contributed by atoms with Gasteiger partial charge in [0.15, 0.2) is 0 Å². The van der Waals surface area contributed by atoms with Gasteiger partial charge in [0.1, 0.15) is 5.60 Å². The van der Waals surface area contributed by atoms with Gasteiger partial charge in [-0.1, -0.05) is 24.3 Å². The van der Waals surface area contributed by atoms with Gasteiger partial charge in [0, 0.05) is 57.3 Å². The number of ether oxygens (including phenoxy) is 1. The van der Waals surface area contributed by atoms with Gasteiger partial charge in [-0.2, -0.15) is 5.10 Å². The second kappa shape index (κ2) is 12.3. The SMILES string of the molecule is CC(C)(C)OC(=O)N1CCC(c2c(C(=O)NCCN3CCc4ccccc4C3)cnn2-c2ccc([N+](=O)[O-])cc2)CC1. The molecule has 0 spiro atoms. The molecule has 2 aliphatic rings. The average molecular weight is 575 g/mol. The molecule has 0 radical (unpaired) electrons. The molecule has 1 saturated heterocycles. The van der Waals surface area contributed by atoms with Crippen molar-refractivity contribution in [3.8, 4) is 5.69 Å². The van der Waals surface area contributed by atoms with Crippen molar-refractivity contribution in [1.29, 1.82) is 0 Å². The maximum absolute atomic E-state index is 13.5. The lowest BCUT2D eigenvalue weighted by Crippen LogP contribution is -2.42. The van der Waals surface area contributed by atoms with Crippen LogP contribution in [0.4, 0.5) is 10.5 Å². The highest BCUT2D eigenvalue weighted by molar-refractivity contribution is 5.95. The number of piperidine rings is 1. The highest BCUT2D eigenvalue weighted by Gasteiger charge is 2.32. The molecule has 1 fully saturated rings. The van der Waals surface area contributed by atoms with Gasteiger partial charge >= 0.3 is 6.09 Å². The number of hydrogen-bond acceptors (Lipinski definition) is 7. The van der Waals surface area contributed by atoms with Gasteiger partial charge in [0.25, 0.3) is 11.6 Å². The number of nitrogens with one attached hydrogen (secondary N) is 1. The second-order valence-corrected chi connectivity index (χ2v) is 11.9. The topological polar surface area (TPSA) is 123 Å². The first-order valence-corrected chi connectivity index (χ1v) is 14.5. The fourth-order valence-corrected chi connectivity index (χ4v) is 5.68. The van der Waals surface area contributed by atoms with Crippen LogP contribution in [0.5, 0.6) is 0 Å². The summed E-state index contributed by atoms with van der Waals surface area (Å²) in [7, 11) is 0. The summed E-state index contributed by atoms with van der Waals surface area (Å²) in [4.78, 5) is 40.9. The number of nitrogens with zero attached hydrogens (tertiary/aromatic N) is 5. The van der Waals surface area contributed by atoms with Crippen LogP contribution in [0.25, 0.3) is 5.69 Å². The van der Waals surface area contributed by atoms with Crippen molar-refractivity contribution in [3.05, 3.63) is 87.2 Å². The summed E-state index contributed by atoms with van der Waals surface area (Å²) in [6, 6.07) is 14.6. The van der Waals surface area contributed by atoms with E-state index < -0.39 is 10.5 Å². The molecule has 0 saturated carbocycles. The molecule has 5 rings (SSSR count). The van der Waals surface area contributed by atoms with Crippen molar-refractivity contribution in [3.63, 3.8) is 0 Å². The zero-order chi connectivity index (χ0) is 29.9. The van der Waals surface area contributed by atoms with E-state index in [-0.39, 0.29) is 23.6 Å². The molecule has 2 amide bonds. The van der Waals surface area contributed by atoms with Crippen molar-refractivity contribution in [2.45, 2.75) is 58.1 Å². The van der Waals surface area contributed by atoms with Crippen LogP contribution < -0.4 is 5.32 Å². The number of carbonyl (C=O) groups excluding carboxylic acids is 2. The molecule has 1 aromatic heterocycles. The Bertz CT molecular complexity index is 1440. The quantitative estimate of drug-likeness (QED) is 0.321. The molecule has 0 atom stereocenters. The first-order valence-electron chi connectivity index (χ1n) is 14.5. The van der Waals surface area contributed by atoms with Crippen molar-refractivity contribution >= 4 is 17.7 Å². The van der Waals surface area contributed by atoms with Crippen LogP contribution >= 0.6 is 0 Å². The maximum atomic E-state index is 13.5. The molecule has 2 aromatic carbocycles. The largest absolute Gasteiger partial charge is 0.444 e. The standard InChI is InChI=1S/C31H38N6O5/c1-31(2,3)42-30(39)35-17-13-23(14-18-35)28-27(20-33-36(28)25-8-10-26(11-9-25)37(40)41)29(38)32-15-19-34-16-12-22-6-4-5-7-24(22)21-34/h4-11,20,23H,12-19,21H2,1-3H3,(H,32,38). The van der Waals surface area contributed by atoms with Gasteiger partial charge < -0.3 is 15.0 Å². The Morgan fingerprint density at radius 3 is 2.40 bits per heavy atom. The third-order valence-corrected chi connectivity index (χ3v) is 7.81. The van der Waals surface area contributed by atoms with Crippen LogP contribution in [0.2, 0.25) is 0 Å². The van der Waals surface area contributed by atoms with Gasteiger partial charge in [-0.3, -0.25) is 19.8 Å². The number of fused-ring (bicyclic) bond motifs is 1. The molecular formula is C31H38N6O5. The smallest absolute Gasteiger partial charge is 0.410 e. The number of hydrogen-bond donors (Lipinski definition) is 1. The monoisotopic (exact) mass is 574 g/mol. The van der Waals surface area contributed by atoms with Gasteiger partial charge in [-0.15, -0.1) is 0 Å². The van der Waals surface area contributed by atoms with Crippen molar-refractivity contribution < 1.29 is 19.2 Å². The van der Waals surface area contributed by atoms with Gasteiger partial charge in [-0.25, -0.2) is 9.48 Å². The lowest BCUT2D eigenvalue weighted by Gasteiger charge is -2.34. The van der Waals surface area contributed by atoms with E-state index in [1.54, 1.807) is 27.9 Å². The van der Waals surface area contributed by atoms with E-state index >= 15 is 0 Å². The normalized spacial score (nSPS) is 16.1. The Balaban J connectivity index is 1.30. The van der Waals surface area contributed by atoms with E-state index in [2.05, 4.69) is 39.6 Å². The zero-order valence-corrected chi connectivity index (χ0v) is 24.4. The molecule has 222 valence electrons. The molecule has 3 aromatic rings. The van der Waals surface area contributed by atoms with E-state index in [9.17, 15) is 19.7 Å². The summed E-state index contributed by atoms with van der Waals surface area (Å²) in [6.07, 6.45) is 3.49. The third-order valence-electron chi connectivity index (χ3n) is 7.81. The van der Waals surface area contributed by atoms with E-state index in [1.807, 2.05) is 20.8 Å². The Morgan fingerprint density at radius 2 is 1.74 bits per heavy atom. The third kappa shape index (κ3) is 6.79. The minimum atomic E-state index is -0.578. The summed E-state index contributed by atoms with van der Waals surface area (Å²) in [5.74, 6) is -0.245. The summed E-state index contributed by atoms with van der Waals surface area (Å²) in [5.41, 5.74) is 3.99. The summed E-state index contributed by atoms with van der Waals surface area (Å²) in [6.45, 7) is 9.56. The molecule has 1 N–H and O–H groups in total. The van der Waals surface area contributed by atoms with Gasteiger partial charge in [-0.05, 0) is 63.3 Å². The fourth-order valence-electron chi connectivity index (χ4n) is 5.68. The number of aromatic nitrogens is 2. The van der Waals surface area contributed by atoms with Crippen molar-refractivity contribution in [1.82, 2.24) is 24.9 Å². The molecule has 2 aliphatic heterocycles. The average Bonchev–Trinajstić information content (AvgIpc) is 3.42. The van der Waals surface area contributed by atoms with Gasteiger partial charge in [0.05, 0.1) is 28.1 Å². The van der Waals surface area contributed by atoms with E-state index in [0.29, 0.717) is 43.7 Å². The summed E-state index contributed by atoms with van der Waals surface area (Å²) in [5, 5.41) is 18.8. The van der Waals surface area contributed by atoms with Crippen LogP contribution in [0.1, 0.15) is 66.7 Å². The Kier molecular flexibility index (Phi) is 8.58. The number of benzene rings is 2. The van der Waals surface area contributed by atoms with E-state index in [4.69, 9.17) is 4.74 Å². The highest BCUT2D eigenvalue weighted by Crippen LogP contribution is 2.33. The predicted molar refractivity (Wildman–Crippen MR) is 158 cm³/mol. The first kappa shape index (κ1) is 29.2. The molecule has 11 heteroatoms. The molecule has 11 nitrogen and oxygen atoms in total. The fraction of sp³-hybridized carbons (Fsp3) is 0.452. The minimum absolute atomic E-state index is 0.0172. The molecule has 0 bridgehead atoms. The number of nitro groups is 1. The molecule has 42 heavy (non-hydrogen) atoms. The van der Waals surface area contributed by atoms with Crippen molar-refractivity contribution in [2.24, 2.45) is 0 Å². The number of rotatable bonds is 7. The summed E-state index contributed by atoms with van der Waals surface area (Å²) >= 11 is 0. The molecule has 3 heterocycles. The number of nitro benzene ring substituents is 1. The second-order valence-electron chi connectivity index (χ2n) is 11.9. The first-order chi connectivity index (χ1) is 20.1. The summed E-state index contributed by atoms with van der Waals surface area (Å²) < 4.78 is 7.25. The number of likely N-dealkylation sites (tertiary alicyclic amines) is 1. The lowest BCUT2D eigenvalue weighted by atomic mass is 9.91. The molecular weight excluding hydrogens is 536 g/mol. The number of amides is 2.